The van der Waals surface area contributed by atoms with Crippen LogP contribution in [0.1, 0.15) is 43.2 Å². The van der Waals surface area contributed by atoms with Crippen LogP contribution in [-0.4, -0.2) is 44.1 Å². The van der Waals surface area contributed by atoms with Crippen molar-refractivity contribution in [3.63, 3.8) is 0 Å². The van der Waals surface area contributed by atoms with E-state index in [1.54, 1.807) is 42.5 Å². The normalized spacial score (nSPS) is 11.4. The minimum absolute atomic E-state index is 0.261. The maximum Gasteiger partial charge on any atom is 0.338 e. The lowest BCUT2D eigenvalue weighted by Gasteiger charge is -2.10. The van der Waals surface area contributed by atoms with Gasteiger partial charge in [-0.25, -0.2) is 22.3 Å². The summed E-state index contributed by atoms with van der Waals surface area (Å²) in [4.78, 5) is 25.1. The summed E-state index contributed by atoms with van der Waals surface area (Å²) in [6.07, 6.45) is 1.57. The van der Waals surface area contributed by atoms with Gasteiger partial charge in [0.25, 0.3) is 0 Å². The van der Waals surface area contributed by atoms with Crippen LogP contribution in [0.15, 0.2) is 54.6 Å². The monoisotopic (exact) mass is 486 g/mol. The topological polar surface area (TPSA) is 94.5 Å². The molecular weight excluding hydrogens is 459 g/mol. The fourth-order valence-electron chi connectivity index (χ4n) is 3.58. The summed E-state index contributed by atoms with van der Waals surface area (Å²) in [7, 11) is -3.25. The zero-order valence-corrected chi connectivity index (χ0v) is 20.1. The molecule has 0 amide bonds. The van der Waals surface area contributed by atoms with Crippen LogP contribution in [0.2, 0.25) is 0 Å². The molecule has 2 aromatic carbocycles. The van der Waals surface area contributed by atoms with Crippen molar-refractivity contribution in [1.29, 1.82) is 0 Å². The number of rotatable bonds is 10. The van der Waals surface area contributed by atoms with Gasteiger partial charge < -0.3 is 9.30 Å². The molecule has 0 bridgehead atoms. The number of nitrogens with one attached hydrogen (secondary N) is 1. The first kappa shape index (κ1) is 25.3. The first-order valence-corrected chi connectivity index (χ1v) is 12.6. The standard InChI is InChI=1S/C25H27FN2O5S/c1-17-14-23(18(2)28(17)15-20-6-10-22(26)11-7-20)24(29)16-33-25(30)21-8-4-19(5-9-21)12-13-27-34(3,31)32/h4-11,14,27H,12-13,15-16H2,1-3H3. The second kappa shape index (κ2) is 10.8. The van der Waals surface area contributed by atoms with Crippen LogP contribution in [0.25, 0.3) is 0 Å². The van der Waals surface area contributed by atoms with Crippen molar-refractivity contribution in [2.24, 2.45) is 0 Å². The van der Waals surface area contributed by atoms with Crippen LogP contribution in [0.3, 0.4) is 0 Å². The molecule has 0 saturated carbocycles. The van der Waals surface area contributed by atoms with Crippen molar-refractivity contribution in [2.75, 3.05) is 19.4 Å². The van der Waals surface area contributed by atoms with E-state index in [9.17, 15) is 22.4 Å². The van der Waals surface area contributed by atoms with Crippen molar-refractivity contribution in [3.8, 4) is 0 Å². The van der Waals surface area contributed by atoms with Crippen LogP contribution in [0.5, 0.6) is 0 Å². The summed E-state index contributed by atoms with van der Waals surface area (Å²) in [5, 5.41) is 0. The largest absolute Gasteiger partial charge is 0.454 e. The number of hydrogen-bond donors (Lipinski definition) is 1. The number of ketones is 1. The van der Waals surface area contributed by atoms with Gasteiger partial charge in [0.2, 0.25) is 15.8 Å². The maximum absolute atomic E-state index is 13.2. The predicted molar refractivity (Wildman–Crippen MR) is 127 cm³/mol. The molecule has 0 unspecified atom stereocenters. The molecule has 0 fully saturated rings. The van der Waals surface area contributed by atoms with Gasteiger partial charge in [-0.1, -0.05) is 24.3 Å². The van der Waals surface area contributed by atoms with Gasteiger partial charge in [0.05, 0.1) is 11.8 Å². The van der Waals surface area contributed by atoms with Crippen LogP contribution in [0, 0.1) is 19.7 Å². The van der Waals surface area contributed by atoms with Gasteiger partial charge in [-0.2, -0.15) is 0 Å². The fraction of sp³-hybridized carbons (Fsp3) is 0.280. The van der Waals surface area contributed by atoms with Crippen molar-refractivity contribution < 1.29 is 27.1 Å². The quantitative estimate of drug-likeness (QED) is 0.350. The molecule has 3 aromatic rings. The molecule has 0 radical (unpaired) electrons. The van der Waals surface area contributed by atoms with E-state index < -0.39 is 16.0 Å². The Morgan fingerprint density at radius 1 is 1.00 bits per heavy atom. The second-order valence-electron chi connectivity index (χ2n) is 8.11. The van der Waals surface area contributed by atoms with Crippen molar-refractivity contribution in [2.45, 2.75) is 26.8 Å². The predicted octanol–water partition coefficient (Wildman–Crippen LogP) is 3.42. The number of halogens is 1. The van der Waals surface area contributed by atoms with Crippen molar-refractivity contribution in [1.82, 2.24) is 9.29 Å². The molecule has 7 nitrogen and oxygen atoms in total. The zero-order valence-electron chi connectivity index (χ0n) is 19.3. The minimum Gasteiger partial charge on any atom is -0.454 e. The summed E-state index contributed by atoms with van der Waals surface area (Å²) in [6.45, 7) is 4.07. The summed E-state index contributed by atoms with van der Waals surface area (Å²) in [5.41, 5.74) is 4.16. The van der Waals surface area contributed by atoms with Crippen molar-refractivity contribution in [3.05, 3.63) is 94.1 Å². The molecule has 0 aliphatic carbocycles. The Balaban J connectivity index is 1.58. The van der Waals surface area contributed by atoms with Gasteiger partial charge in [0.15, 0.2) is 6.61 Å². The number of ether oxygens (including phenoxy) is 1. The maximum atomic E-state index is 13.2. The Hall–Kier alpha value is -3.30. The minimum atomic E-state index is -3.25. The number of carbonyl (C=O) groups excluding carboxylic acids is 2. The van der Waals surface area contributed by atoms with Gasteiger partial charge >= 0.3 is 5.97 Å². The van der Waals surface area contributed by atoms with E-state index in [-0.39, 0.29) is 24.8 Å². The summed E-state index contributed by atoms with van der Waals surface area (Å²) < 4.78 is 45.0. The highest BCUT2D eigenvalue weighted by atomic mass is 32.2. The molecule has 1 aromatic heterocycles. The first-order valence-electron chi connectivity index (χ1n) is 10.7. The van der Waals surface area contributed by atoms with Crippen LogP contribution >= 0.6 is 0 Å². The van der Waals surface area contributed by atoms with Gasteiger partial charge in [-0.3, -0.25) is 4.79 Å². The number of carbonyl (C=O) groups is 2. The Morgan fingerprint density at radius 3 is 2.24 bits per heavy atom. The average molecular weight is 487 g/mol. The number of sulfonamides is 1. The lowest BCUT2D eigenvalue weighted by molar-refractivity contribution is 0.0474. The highest BCUT2D eigenvalue weighted by molar-refractivity contribution is 7.88. The second-order valence-corrected chi connectivity index (χ2v) is 9.94. The number of aromatic nitrogens is 1. The van der Waals surface area contributed by atoms with Crippen LogP contribution in [-0.2, 0) is 27.7 Å². The third-order valence-electron chi connectivity index (χ3n) is 5.43. The third kappa shape index (κ3) is 6.85. The molecule has 0 aliphatic heterocycles. The van der Waals surface area contributed by atoms with Crippen molar-refractivity contribution >= 4 is 21.8 Å². The van der Waals surface area contributed by atoms with Crippen LogP contribution in [0.4, 0.5) is 4.39 Å². The smallest absolute Gasteiger partial charge is 0.338 e. The van der Waals surface area contributed by atoms with E-state index >= 15 is 0 Å². The van der Waals surface area contributed by atoms with Crippen LogP contribution < -0.4 is 4.72 Å². The average Bonchev–Trinajstić information content (AvgIpc) is 3.06. The molecule has 1 N–H and O–H groups in total. The van der Waals surface area contributed by atoms with Gasteiger partial charge in [-0.05, 0) is 61.7 Å². The number of esters is 1. The summed E-state index contributed by atoms with van der Waals surface area (Å²) in [6, 6.07) is 14.5. The van der Waals surface area contributed by atoms with E-state index in [0.29, 0.717) is 24.1 Å². The van der Waals surface area contributed by atoms with E-state index in [0.717, 1.165) is 28.8 Å². The molecule has 0 spiro atoms. The molecule has 3 rings (SSSR count). The number of nitrogens with zero attached hydrogens (tertiary/aromatic N) is 1. The molecule has 34 heavy (non-hydrogen) atoms. The number of Topliss-reactive ketones (excluding diaryl/α,β-unsaturated/α-hetero) is 1. The highest BCUT2D eigenvalue weighted by Gasteiger charge is 2.18. The SMILES string of the molecule is Cc1cc(C(=O)COC(=O)c2ccc(CCNS(C)(=O)=O)cc2)c(C)n1Cc1ccc(F)cc1. The number of aryl methyl sites for hydroxylation is 1. The summed E-state index contributed by atoms with van der Waals surface area (Å²) >= 11 is 0. The lowest BCUT2D eigenvalue weighted by atomic mass is 10.1. The first-order chi connectivity index (χ1) is 16.0. The van der Waals surface area contributed by atoms with E-state index in [4.69, 9.17) is 4.74 Å². The van der Waals surface area contributed by atoms with Gasteiger partial charge in [0.1, 0.15) is 5.82 Å². The molecule has 1 heterocycles. The Bertz CT molecular complexity index is 1280. The Labute approximate surface area is 198 Å². The fourth-order valence-corrected chi connectivity index (χ4v) is 4.05. The van der Waals surface area contributed by atoms with E-state index in [1.807, 2.05) is 18.4 Å². The van der Waals surface area contributed by atoms with Gasteiger partial charge in [-0.15, -0.1) is 0 Å². The number of benzene rings is 2. The van der Waals surface area contributed by atoms with Gasteiger partial charge in [0, 0.05) is 30.0 Å². The highest BCUT2D eigenvalue weighted by Crippen LogP contribution is 2.18. The summed E-state index contributed by atoms with van der Waals surface area (Å²) in [5.74, 6) is -1.23. The Morgan fingerprint density at radius 2 is 1.62 bits per heavy atom. The zero-order chi connectivity index (χ0) is 24.9. The van der Waals surface area contributed by atoms with E-state index in [2.05, 4.69) is 4.72 Å². The molecule has 0 atom stereocenters. The molecule has 0 saturated heterocycles. The molecule has 180 valence electrons. The molecule has 0 aliphatic rings. The number of hydrogen-bond acceptors (Lipinski definition) is 5. The van der Waals surface area contributed by atoms with E-state index in [1.165, 1.54) is 12.1 Å². The molecule has 9 heteroatoms. The molecular formula is C25H27FN2O5S. The lowest BCUT2D eigenvalue weighted by Crippen LogP contribution is -2.24. The third-order valence-corrected chi connectivity index (χ3v) is 6.16. The Kier molecular flexibility index (Phi) is 8.01.